The van der Waals surface area contributed by atoms with Crippen molar-refractivity contribution in [2.45, 2.75) is 31.1 Å². The van der Waals surface area contributed by atoms with Crippen molar-refractivity contribution in [2.75, 3.05) is 62.3 Å². The van der Waals surface area contributed by atoms with Crippen LogP contribution in [0.2, 0.25) is 0 Å². The number of aromatic nitrogens is 2. The van der Waals surface area contributed by atoms with Crippen molar-refractivity contribution in [1.82, 2.24) is 15.1 Å². The highest BCUT2D eigenvalue weighted by molar-refractivity contribution is 5.88. The van der Waals surface area contributed by atoms with E-state index >= 15 is 0 Å². The van der Waals surface area contributed by atoms with E-state index in [1.54, 1.807) is 0 Å². The Morgan fingerprint density at radius 3 is 1.94 bits per heavy atom. The van der Waals surface area contributed by atoms with Gasteiger partial charge in [0, 0.05) is 52.5 Å². The third-order valence-corrected chi connectivity index (χ3v) is 7.04. The maximum Gasteiger partial charge on any atom is 0.233 e. The number of hydrogen-bond donors (Lipinski definition) is 0. The van der Waals surface area contributed by atoms with Crippen molar-refractivity contribution in [3.63, 3.8) is 0 Å². The number of ether oxygens (including phenoxy) is 1. The van der Waals surface area contributed by atoms with E-state index in [4.69, 9.17) is 4.74 Å². The largest absolute Gasteiger partial charge is 0.381 e. The normalized spacial score (nSPS) is 21.4. The van der Waals surface area contributed by atoms with Gasteiger partial charge in [-0.25, -0.2) is 0 Å². The standard InChI is InChI=1S/C24H31N5O2/c30-23(24(10-18-31-19-11-24)20-6-2-1-3-7-20)29-16-14-28(15-17-29)22-9-8-21(25-26-22)27-12-4-5-13-27/h1-3,6-9H,4-5,10-19H2. The average molecular weight is 422 g/mol. The fraction of sp³-hybridized carbons (Fsp3) is 0.542. The third-order valence-electron chi connectivity index (χ3n) is 7.04. The van der Waals surface area contributed by atoms with Crippen LogP contribution in [0.15, 0.2) is 42.5 Å². The Kier molecular flexibility index (Phi) is 5.76. The van der Waals surface area contributed by atoms with Gasteiger partial charge < -0.3 is 19.4 Å². The highest BCUT2D eigenvalue weighted by atomic mass is 16.5. The Morgan fingerprint density at radius 1 is 0.774 bits per heavy atom. The number of anilines is 2. The molecule has 0 saturated carbocycles. The Balaban J connectivity index is 1.25. The highest BCUT2D eigenvalue weighted by Crippen LogP contribution is 2.37. The number of carbonyl (C=O) groups excluding carboxylic acids is 1. The summed E-state index contributed by atoms with van der Waals surface area (Å²) in [6, 6.07) is 14.4. The molecule has 2 aromatic rings. The van der Waals surface area contributed by atoms with E-state index in [0.717, 1.165) is 56.2 Å². The zero-order valence-electron chi connectivity index (χ0n) is 18.1. The van der Waals surface area contributed by atoms with Gasteiger partial charge in [0.1, 0.15) is 0 Å². The van der Waals surface area contributed by atoms with Gasteiger partial charge in [-0.2, -0.15) is 0 Å². The van der Waals surface area contributed by atoms with Gasteiger partial charge in [-0.1, -0.05) is 30.3 Å². The number of benzene rings is 1. The molecule has 0 atom stereocenters. The molecule has 0 radical (unpaired) electrons. The minimum atomic E-state index is -0.459. The molecule has 0 aliphatic carbocycles. The molecule has 0 N–H and O–H groups in total. The van der Waals surface area contributed by atoms with Crippen LogP contribution in [0.5, 0.6) is 0 Å². The lowest BCUT2D eigenvalue weighted by molar-refractivity contribution is -0.141. The lowest BCUT2D eigenvalue weighted by Crippen LogP contribution is -2.56. The molecule has 5 rings (SSSR count). The van der Waals surface area contributed by atoms with Crippen LogP contribution in [0.25, 0.3) is 0 Å². The van der Waals surface area contributed by atoms with Crippen molar-refractivity contribution in [3.05, 3.63) is 48.0 Å². The van der Waals surface area contributed by atoms with Crippen molar-refractivity contribution in [3.8, 4) is 0 Å². The minimum absolute atomic E-state index is 0.247. The van der Waals surface area contributed by atoms with Crippen LogP contribution in [-0.2, 0) is 14.9 Å². The van der Waals surface area contributed by atoms with Crippen LogP contribution in [0.3, 0.4) is 0 Å². The molecule has 3 aliphatic rings. The van der Waals surface area contributed by atoms with Crippen LogP contribution >= 0.6 is 0 Å². The second-order valence-corrected chi connectivity index (χ2v) is 8.78. The lowest BCUT2D eigenvalue weighted by Gasteiger charge is -2.43. The first-order chi connectivity index (χ1) is 15.3. The highest BCUT2D eigenvalue weighted by Gasteiger charge is 2.44. The summed E-state index contributed by atoms with van der Waals surface area (Å²) in [5.74, 6) is 2.12. The van der Waals surface area contributed by atoms with E-state index in [9.17, 15) is 4.79 Å². The van der Waals surface area contributed by atoms with Crippen LogP contribution in [-0.4, -0.2) is 73.5 Å². The van der Waals surface area contributed by atoms with Gasteiger partial charge >= 0.3 is 0 Å². The number of hydrogen-bond acceptors (Lipinski definition) is 6. The van der Waals surface area contributed by atoms with Gasteiger partial charge in [0.25, 0.3) is 0 Å². The summed E-state index contributed by atoms with van der Waals surface area (Å²) in [5, 5.41) is 8.94. The summed E-state index contributed by atoms with van der Waals surface area (Å²) in [4.78, 5) is 20.3. The number of rotatable bonds is 4. The summed E-state index contributed by atoms with van der Waals surface area (Å²) in [5.41, 5.74) is 0.660. The fourth-order valence-electron chi connectivity index (χ4n) is 5.15. The molecule has 1 amide bonds. The van der Waals surface area contributed by atoms with E-state index in [1.165, 1.54) is 12.8 Å². The Morgan fingerprint density at radius 2 is 1.35 bits per heavy atom. The smallest absolute Gasteiger partial charge is 0.233 e. The summed E-state index contributed by atoms with van der Waals surface area (Å²) in [6.45, 7) is 6.41. The predicted molar refractivity (Wildman–Crippen MR) is 120 cm³/mol. The predicted octanol–water partition coefficient (Wildman–Crippen LogP) is 2.47. The third kappa shape index (κ3) is 3.99. The zero-order chi connectivity index (χ0) is 21.1. The topological polar surface area (TPSA) is 61.8 Å². The first kappa shape index (κ1) is 20.2. The molecule has 7 heteroatoms. The maximum absolute atomic E-state index is 13.7. The molecule has 0 bridgehead atoms. The molecule has 31 heavy (non-hydrogen) atoms. The van der Waals surface area contributed by atoms with Crippen molar-refractivity contribution < 1.29 is 9.53 Å². The molecule has 1 aromatic carbocycles. The average Bonchev–Trinajstić information content (AvgIpc) is 3.40. The van der Waals surface area contributed by atoms with Crippen molar-refractivity contribution in [1.29, 1.82) is 0 Å². The Bertz CT molecular complexity index is 869. The van der Waals surface area contributed by atoms with E-state index in [1.807, 2.05) is 23.1 Å². The van der Waals surface area contributed by atoms with Gasteiger partial charge in [-0.3, -0.25) is 4.79 Å². The van der Waals surface area contributed by atoms with Gasteiger partial charge in [0.2, 0.25) is 5.91 Å². The van der Waals surface area contributed by atoms with Crippen molar-refractivity contribution >= 4 is 17.5 Å². The molecule has 3 saturated heterocycles. The molecular formula is C24H31N5O2. The van der Waals surface area contributed by atoms with E-state index in [0.29, 0.717) is 26.3 Å². The number of piperazine rings is 1. The molecule has 7 nitrogen and oxygen atoms in total. The molecular weight excluding hydrogens is 390 g/mol. The van der Waals surface area contributed by atoms with Gasteiger partial charge in [-0.05, 0) is 43.4 Å². The first-order valence-corrected chi connectivity index (χ1v) is 11.5. The van der Waals surface area contributed by atoms with Crippen LogP contribution in [0, 0.1) is 0 Å². The van der Waals surface area contributed by atoms with Crippen LogP contribution in [0.4, 0.5) is 11.6 Å². The quantitative estimate of drug-likeness (QED) is 0.756. The number of amides is 1. The summed E-state index contributed by atoms with van der Waals surface area (Å²) in [6.07, 6.45) is 3.96. The Hall–Kier alpha value is -2.67. The summed E-state index contributed by atoms with van der Waals surface area (Å²) < 4.78 is 5.61. The second kappa shape index (κ2) is 8.83. The molecule has 4 heterocycles. The van der Waals surface area contributed by atoms with E-state index < -0.39 is 5.41 Å². The molecule has 0 spiro atoms. The van der Waals surface area contributed by atoms with Crippen LogP contribution < -0.4 is 9.80 Å². The van der Waals surface area contributed by atoms with E-state index in [2.05, 4.69) is 44.3 Å². The van der Waals surface area contributed by atoms with Crippen molar-refractivity contribution in [2.24, 2.45) is 0 Å². The second-order valence-electron chi connectivity index (χ2n) is 8.78. The minimum Gasteiger partial charge on any atom is -0.381 e. The summed E-state index contributed by atoms with van der Waals surface area (Å²) in [7, 11) is 0. The van der Waals surface area contributed by atoms with Crippen LogP contribution in [0.1, 0.15) is 31.2 Å². The SMILES string of the molecule is O=C(N1CCN(c2ccc(N3CCCC3)nn2)CC1)C1(c2ccccc2)CCOCC1. The van der Waals surface area contributed by atoms with Gasteiger partial charge in [-0.15, -0.1) is 10.2 Å². The Labute approximate surface area is 184 Å². The monoisotopic (exact) mass is 421 g/mol. The maximum atomic E-state index is 13.7. The molecule has 164 valence electrons. The van der Waals surface area contributed by atoms with Gasteiger partial charge in [0.05, 0.1) is 5.41 Å². The molecule has 0 unspecified atom stereocenters. The zero-order valence-corrected chi connectivity index (χ0v) is 18.1. The number of carbonyl (C=O) groups is 1. The lowest BCUT2D eigenvalue weighted by atomic mass is 9.73. The molecule has 3 fully saturated rings. The van der Waals surface area contributed by atoms with E-state index in [-0.39, 0.29) is 5.91 Å². The summed E-state index contributed by atoms with van der Waals surface area (Å²) >= 11 is 0. The fourth-order valence-corrected chi connectivity index (χ4v) is 5.15. The molecule has 3 aliphatic heterocycles. The van der Waals surface area contributed by atoms with Gasteiger partial charge in [0.15, 0.2) is 11.6 Å². The first-order valence-electron chi connectivity index (χ1n) is 11.5. The molecule has 1 aromatic heterocycles. The number of nitrogens with zero attached hydrogens (tertiary/aromatic N) is 5.